The maximum atomic E-state index is 5.31. The summed E-state index contributed by atoms with van der Waals surface area (Å²) >= 11 is 0. The molecule has 2 nitrogen and oxygen atoms in total. The van der Waals surface area contributed by atoms with Gasteiger partial charge in [-0.15, -0.1) is 0 Å². The Kier molecular flexibility index (Phi) is 7.92. The Labute approximate surface area is 355 Å². The minimum atomic E-state index is -0.162. The molecule has 0 spiro atoms. The molecule has 0 aliphatic heterocycles. The minimum absolute atomic E-state index is 0.162. The van der Waals surface area contributed by atoms with Crippen LogP contribution in [-0.4, -0.2) is 9.97 Å². The average Bonchev–Trinajstić information content (AvgIpc) is 3.57. The molecule has 2 heteroatoms. The van der Waals surface area contributed by atoms with Gasteiger partial charge in [-0.1, -0.05) is 202 Å². The summed E-state index contributed by atoms with van der Waals surface area (Å²) in [7, 11) is 0. The Morgan fingerprint density at radius 2 is 0.836 bits per heavy atom. The lowest BCUT2D eigenvalue weighted by Crippen LogP contribution is -2.16. The zero-order chi connectivity index (χ0) is 40.7. The molecule has 1 aromatic heterocycles. The summed E-state index contributed by atoms with van der Waals surface area (Å²) in [6.45, 7) is 4.79. The number of fused-ring (bicyclic) bond motifs is 8. The van der Waals surface area contributed by atoms with Crippen LogP contribution in [0.3, 0.4) is 0 Å². The normalized spacial score (nSPS) is 12.9. The molecule has 0 N–H and O–H groups in total. The highest BCUT2D eigenvalue weighted by Crippen LogP contribution is 2.55. The molecule has 11 aromatic rings. The lowest BCUT2D eigenvalue weighted by molar-refractivity contribution is 0.662. The molecule has 61 heavy (non-hydrogen) atoms. The van der Waals surface area contributed by atoms with Gasteiger partial charge < -0.3 is 0 Å². The first-order chi connectivity index (χ1) is 30.0. The number of benzene rings is 10. The van der Waals surface area contributed by atoms with Gasteiger partial charge in [0.05, 0.1) is 11.4 Å². The third-order valence-electron chi connectivity index (χ3n) is 13.1. The predicted octanol–water partition coefficient (Wildman–Crippen LogP) is 15.7. The van der Waals surface area contributed by atoms with Crippen molar-refractivity contribution in [1.29, 1.82) is 0 Å². The zero-order valence-corrected chi connectivity index (χ0v) is 34.0. The van der Waals surface area contributed by atoms with Crippen molar-refractivity contribution in [1.82, 2.24) is 9.97 Å². The second kappa shape index (κ2) is 13.7. The Morgan fingerprint density at radius 1 is 0.328 bits per heavy atom. The highest BCUT2D eigenvalue weighted by atomic mass is 14.9. The van der Waals surface area contributed by atoms with Crippen molar-refractivity contribution in [2.24, 2.45) is 0 Å². The average molecular weight is 777 g/mol. The largest absolute Gasteiger partial charge is 0.228 e. The van der Waals surface area contributed by atoms with E-state index >= 15 is 0 Å². The molecule has 12 rings (SSSR count). The van der Waals surface area contributed by atoms with Gasteiger partial charge in [0.15, 0.2) is 5.82 Å². The first-order valence-corrected chi connectivity index (χ1v) is 21.2. The van der Waals surface area contributed by atoms with Gasteiger partial charge in [0.2, 0.25) is 0 Å². The van der Waals surface area contributed by atoms with Gasteiger partial charge in [0, 0.05) is 22.1 Å². The van der Waals surface area contributed by atoms with E-state index in [0.717, 1.165) is 33.5 Å². The lowest BCUT2D eigenvalue weighted by Gasteiger charge is -2.25. The summed E-state index contributed by atoms with van der Waals surface area (Å²) in [5.41, 5.74) is 15.2. The van der Waals surface area contributed by atoms with Crippen molar-refractivity contribution in [3.05, 3.63) is 217 Å². The third kappa shape index (κ3) is 5.56. The molecule has 1 aliphatic carbocycles. The molecule has 1 aliphatic rings. The summed E-state index contributed by atoms with van der Waals surface area (Å²) in [5.74, 6) is 0.710. The maximum absolute atomic E-state index is 5.31. The van der Waals surface area contributed by atoms with E-state index in [1.807, 2.05) is 6.07 Å². The first kappa shape index (κ1) is 35.3. The maximum Gasteiger partial charge on any atom is 0.161 e. The fraction of sp³-hybridized carbons (Fsp3) is 0.0508. The van der Waals surface area contributed by atoms with Gasteiger partial charge in [-0.25, -0.2) is 9.97 Å². The van der Waals surface area contributed by atoms with E-state index in [9.17, 15) is 0 Å². The van der Waals surface area contributed by atoms with Crippen LogP contribution in [0.1, 0.15) is 25.0 Å². The van der Waals surface area contributed by atoms with Gasteiger partial charge >= 0.3 is 0 Å². The molecule has 286 valence electrons. The van der Waals surface area contributed by atoms with E-state index in [4.69, 9.17) is 9.97 Å². The third-order valence-corrected chi connectivity index (χ3v) is 13.1. The summed E-state index contributed by atoms with van der Waals surface area (Å²) in [4.78, 5) is 10.6. The standard InChI is InChI=1S/C59H40N2/c1-59(2)53-34-29-38-16-8-9-20-42(38)56(53)52-26-14-25-50(57(52)59)49-31-30-47(43-21-10-11-22-44(43)49)48-32-33-51(46-24-13-12-23-45(46)48)58-60-54(39-17-4-3-5-18-39)36-55(61-58)41-28-27-37-15-6-7-19-40(37)35-41/h3-36H,1-2H3. The number of aromatic nitrogens is 2. The van der Waals surface area contributed by atoms with E-state index in [2.05, 4.69) is 214 Å². The first-order valence-electron chi connectivity index (χ1n) is 21.2. The molecule has 0 amide bonds. The quantitative estimate of drug-likeness (QED) is 0.174. The summed E-state index contributed by atoms with van der Waals surface area (Å²) in [6, 6.07) is 74.8. The molecule has 0 radical (unpaired) electrons. The van der Waals surface area contributed by atoms with Crippen molar-refractivity contribution in [2.75, 3.05) is 0 Å². The van der Waals surface area contributed by atoms with E-state index in [-0.39, 0.29) is 5.41 Å². The Balaban J connectivity index is 1.02. The van der Waals surface area contributed by atoms with Crippen molar-refractivity contribution < 1.29 is 0 Å². The van der Waals surface area contributed by atoms with E-state index in [1.54, 1.807) is 0 Å². The molecule has 10 aromatic carbocycles. The molecular weight excluding hydrogens is 737 g/mol. The summed E-state index contributed by atoms with van der Waals surface area (Å²) < 4.78 is 0. The van der Waals surface area contributed by atoms with Crippen LogP contribution >= 0.6 is 0 Å². The molecule has 0 bridgehead atoms. The number of nitrogens with zero attached hydrogens (tertiary/aromatic N) is 2. The molecule has 0 saturated carbocycles. The monoisotopic (exact) mass is 776 g/mol. The Hall–Kier alpha value is -7.68. The fourth-order valence-electron chi connectivity index (χ4n) is 10.2. The summed E-state index contributed by atoms with van der Waals surface area (Å²) in [6.07, 6.45) is 0. The lowest BCUT2D eigenvalue weighted by atomic mass is 9.78. The molecule has 0 atom stereocenters. The Morgan fingerprint density at radius 3 is 1.52 bits per heavy atom. The molecule has 0 saturated heterocycles. The van der Waals surface area contributed by atoms with E-state index in [0.29, 0.717) is 5.82 Å². The fourth-order valence-corrected chi connectivity index (χ4v) is 10.2. The molecule has 0 fully saturated rings. The smallest absolute Gasteiger partial charge is 0.161 e. The van der Waals surface area contributed by atoms with Gasteiger partial charge in [0.1, 0.15) is 0 Å². The summed E-state index contributed by atoms with van der Waals surface area (Å²) in [5, 5.41) is 9.77. The van der Waals surface area contributed by atoms with Crippen molar-refractivity contribution in [3.63, 3.8) is 0 Å². The van der Waals surface area contributed by atoms with Crippen molar-refractivity contribution >= 4 is 43.1 Å². The van der Waals surface area contributed by atoms with Crippen molar-refractivity contribution in [2.45, 2.75) is 19.3 Å². The van der Waals surface area contributed by atoms with Gasteiger partial charge in [0.25, 0.3) is 0 Å². The predicted molar refractivity (Wildman–Crippen MR) is 257 cm³/mol. The molecule has 0 unspecified atom stereocenters. The number of hydrogen-bond acceptors (Lipinski definition) is 2. The number of rotatable bonds is 5. The zero-order valence-electron chi connectivity index (χ0n) is 34.0. The van der Waals surface area contributed by atoms with Crippen LogP contribution in [0.4, 0.5) is 0 Å². The van der Waals surface area contributed by atoms with Crippen LogP contribution in [0.2, 0.25) is 0 Å². The highest BCUT2D eigenvalue weighted by Gasteiger charge is 2.38. The van der Waals surface area contributed by atoms with Crippen LogP contribution in [0.5, 0.6) is 0 Å². The Bertz CT molecular complexity index is 3560. The SMILES string of the molecule is CC1(C)c2ccc3ccccc3c2-c2cccc(-c3ccc(-c4ccc(-c5nc(-c6ccccc6)cc(-c6ccc7ccccc7c6)n5)c5ccccc45)c4ccccc34)c21. The van der Waals surface area contributed by atoms with E-state index in [1.165, 1.54) is 82.2 Å². The van der Waals surface area contributed by atoms with Crippen LogP contribution in [0.15, 0.2) is 206 Å². The van der Waals surface area contributed by atoms with Crippen LogP contribution in [0.25, 0.3) is 110 Å². The van der Waals surface area contributed by atoms with E-state index < -0.39 is 0 Å². The molecular formula is C59H40N2. The number of hydrogen-bond donors (Lipinski definition) is 0. The van der Waals surface area contributed by atoms with Crippen molar-refractivity contribution in [3.8, 4) is 67.3 Å². The van der Waals surface area contributed by atoms with Gasteiger partial charge in [-0.3, -0.25) is 0 Å². The highest BCUT2D eigenvalue weighted by molar-refractivity contribution is 6.13. The molecule has 1 heterocycles. The van der Waals surface area contributed by atoms with Crippen LogP contribution in [0, 0.1) is 0 Å². The van der Waals surface area contributed by atoms with Gasteiger partial charge in [-0.05, 0) is 106 Å². The van der Waals surface area contributed by atoms with Crippen LogP contribution in [-0.2, 0) is 5.41 Å². The minimum Gasteiger partial charge on any atom is -0.228 e. The topological polar surface area (TPSA) is 25.8 Å². The second-order valence-electron chi connectivity index (χ2n) is 16.9. The van der Waals surface area contributed by atoms with Crippen LogP contribution < -0.4 is 0 Å². The second-order valence-corrected chi connectivity index (χ2v) is 16.9. The van der Waals surface area contributed by atoms with Gasteiger partial charge in [-0.2, -0.15) is 0 Å².